The zero-order valence-electron chi connectivity index (χ0n) is 12.2. The molecule has 1 atom stereocenters. The van der Waals surface area contributed by atoms with E-state index in [4.69, 9.17) is 0 Å². The molecule has 1 fully saturated rings. The predicted molar refractivity (Wildman–Crippen MR) is 73.9 cm³/mol. The zero-order valence-corrected chi connectivity index (χ0v) is 12.2. The van der Waals surface area contributed by atoms with Gasteiger partial charge in [-0.15, -0.1) is 0 Å². The first-order valence-electron chi connectivity index (χ1n) is 7.15. The molecule has 1 saturated heterocycles. The van der Waals surface area contributed by atoms with Crippen LogP contribution in [0, 0.1) is 5.41 Å². The summed E-state index contributed by atoms with van der Waals surface area (Å²) in [4.78, 5) is 25.1. The maximum Gasteiger partial charge on any atom is 0.310 e. The molecule has 1 aliphatic rings. The van der Waals surface area contributed by atoms with Crippen molar-refractivity contribution in [1.29, 1.82) is 0 Å². The van der Waals surface area contributed by atoms with E-state index in [0.29, 0.717) is 25.9 Å². The Bertz CT molecular complexity index is 331. The van der Waals surface area contributed by atoms with Gasteiger partial charge in [0.2, 0.25) is 5.91 Å². The van der Waals surface area contributed by atoms with E-state index in [1.807, 2.05) is 20.8 Å². The first-order valence-corrected chi connectivity index (χ1v) is 7.15. The third-order valence-electron chi connectivity index (χ3n) is 3.89. The molecule has 110 valence electrons. The minimum Gasteiger partial charge on any atom is -0.481 e. The molecule has 5 nitrogen and oxygen atoms in total. The Morgan fingerprint density at radius 1 is 1.42 bits per heavy atom. The molecule has 0 spiro atoms. The maximum absolute atomic E-state index is 11.6. The largest absolute Gasteiger partial charge is 0.481 e. The van der Waals surface area contributed by atoms with Gasteiger partial charge in [0.1, 0.15) is 0 Å². The number of carbonyl (C=O) groups excluding carboxylic acids is 1. The van der Waals surface area contributed by atoms with Crippen LogP contribution in [0.25, 0.3) is 0 Å². The van der Waals surface area contributed by atoms with E-state index in [1.165, 1.54) is 0 Å². The molecule has 0 aliphatic carbocycles. The van der Waals surface area contributed by atoms with Gasteiger partial charge >= 0.3 is 5.97 Å². The molecule has 1 rings (SSSR count). The topological polar surface area (TPSA) is 69.6 Å². The first-order chi connectivity index (χ1) is 8.89. The summed E-state index contributed by atoms with van der Waals surface area (Å²) in [6.07, 6.45) is 2.73. The second-order valence-electron chi connectivity index (χ2n) is 5.79. The van der Waals surface area contributed by atoms with E-state index in [9.17, 15) is 14.7 Å². The number of rotatable bonds is 6. The Morgan fingerprint density at radius 3 is 2.63 bits per heavy atom. The fourth-order valence-electron chi connectivity index (χ4n) is 2.69. The van der Waals surface area contributed by atoms with Gasteiger partial charge in [0, 0.05) is 25.6 Å². The van der Waals surface area contributed by atoms with Crippen molar-refractivity contribution in [2.24, 2.45) is 5.41 Å². The van der Waals surface area contributed by atoms with Gasteiger partial charge < -0.3 is 15.3 Å². The Morgan fingerprint density at radius 2 is 2.11 bits per heavy atom. The summed E-state index contributed by atoms with van der Waals surface area (Å²) in [5, 5.41) is 12.3. The zero-order chi connectivity index (χ0) is 14.5. The predicted octanol–water partition coefficient (Wildman–Crippen LogP) is 1.48. The first kappa shape index (κ1) is 16.0. The smallest absolute Gasteiger partial charge is 0.310 e. The van der Waals surface area contributed by atoms with Crippen LogP contribution in [-0.4, -0.2) is 47.6 Å². The average molecular weight is 270 g/mol. The van der Waals surface area contributed by atoms with Crippen molar-refractivity contribution in [2.45, 2.75) is 52.5 Å². The molecule has 0 aromatic heterocycles. The fraction of sp³-hybridized carbons (Fsp3) is 0.857. The number of carboxylic acid groups (broad SMARTS) is 1. The summed E-state index contributed by atoms with van der Waals surface area (Å²) in [6.45, 7) is 7.91. The lowest BCUT2D eigenvalue weighted by Crippen LogP contribution is -2.48. The van der Waals surface area contributed by atoms with Crippen molar-refractivity contribution >= 4 is 11.9 Å². The third-order valence-corrected chi connectivity index (χ3v) is 3.89. The van der Waals surface area contributed by atoms with Crippen LogP contribution in [0.15, 0.2) is 0 Å². The molecular formula is C14H26N2O3. The Labute approximate surface area is 115 Å². The van der Waals surface area contributed by atoms with Gasteiger partial charge in [-0.05, 0) is 39.7 Å². The highest BCUT2D eigenvalue weighted by Crippen LogP contribution is 2.33. The SMILES string of the molecule is CCC1(C(=O)O)CCCN(CCC(=O)NC(C)C)C1. The summed E-state index contributed by atoms with van der Waals surface area (Å²) in [5.41, 5.74) is -0.618. The van der Waals surface area contributed by atoms with Crippen LogP contribution in [0.4, 0.5) is 0 Å². The summed E-state index contributed by atoms with van der Waals surface area (Å²) in [7, 11) is 0. The van der Waals surface area contributed by atoms with E-state index < -0.39 is 11.4 Å². The molecule has 1 amide bonds. The van der Waals surface area contributed by atoms with Crippen LogP contribution < -0.4 is 5.32 Å². The van der Waals surface area contributed by atoms with Crippen LogP contribution in [-0.2, 0) is 9.59 Å². The number of nitrogens with one attached hydrogen (secondary N) is 1. The number of piperidine rings is 1. The normalized spacial score (nSPS) is 24.4. The van der Waals surface area contributed by atoms with Crippen molar-refractivity contribution in [2.75, 3.05) is 19.6 Å². The summed E-state index contributed by atoms with van der Waals surface area (Å²) in [6, 6.07) is 0.155. The summed E-state index contributed by atoms with van der Waals surface area (Å²) >= 11 is 0. The number of nitrogens with zero attached hydrogens (tertiary/aromatic N) is 1. The van der Waals surface area contributed by atoms with Crippen molar-refractivity contribution in [3.63, 3.8) is 0 Å². The molecule has 0 aromatic rings. The van der Waals surface area contributed by atoms with E-state index in [1.54, 1.807) is 0 Å². The van der Waals surface area contributed by atoms with Crippen LogP contribution in [0.3, 0.4) is 0 Å². The standard InChI is InChI=1S/C14H26N2O3/c1-4-14(13(18)19)7-5-8-16(10-14)9-6-12(17)15-11(2)3/h11H,4-10H2,1-3H3,(H,15,17)(H,18,19). The van der Waals surface area contributed by atoms with E-state index in [0.717, 1.165) is 19.4 Å². The van der Waals surface area contributed by atoms with E-state index in [2.05, 4.69) is 10.2 Å². The minimum absolute atomic E-state index is 0.0398. The molecule has 1 aliphatic heterocycles. The molecule has 0 aromatic carbocycles. The molecule has 2 N–H and O–H groups in total. The quantitative estimate of drug-likeness (QED) is 0.767. The van der Waals surface area contributed by atoms with Crippen molar-refractivity contribution < 1.29 is 14.7 Å². The molecule has 0 radical (unpaired) electrons. The summed E-state index contributed by atoms with van der Waals surface area (Å²) in [5.74, 6) is -0.663. The lowest BCUT2D eigenvalue weighted by molar-refractivity contribution is -0.152. The van der Waals surface area contributed by atoms with Gasteiger partial charge in [0.05, 0.1) is 5.41 Å². The number of hydrogen-bond donors (Lipinski definition) is 2. The number of carboxylic acids is 1. The van der Waals surface area contributed by atoms with Crippen LogP contribution in [0.2, 0.25) is 0 Å². The van der Waals surface area contributed by atoms with Gasteiger partial charge in [-0.2, -0.15) is 0 Å². The number of likely N-dealkylation sites (tertiary alicyclic amines) is 1. The Hall–Kier alpha value is -1.10. The van der Waals surface area contributed by atoms with Gasteiger partial charge in [-0.1, -0.05) is 6.92 Å². The minimum atomic E-state index is -0.702. The monoisotopic (exact) mass is 270 g/mol. The van der Waals surface area contributed by atoms with Gasteiger partial charge in [-0.3, -0.25) is 9.59 Å². The Balaban J connectivity index is 2.47. The van der Waals surface area contributed by atoms with Crippen molar-refractivity contribution in [3.8, 4) is 0 Å². The van der Waals surface area contributed by atoms with Crippen LogP contribution in [0.1, 0.15) is 46.5 Å². The average Bonchev–Trinajstić information content (AvgIpc) is 2.35. The number of hydrogen-bond acceptors (Lipinski definition) is 3. The molecule has 0 bridgehead atoms. The molecule has 0 saturated carbocycles. The van der Waals surface area contributed by atoms with Gasteiger partial charge in [0.15, 0.2) is 0 Å². The fourth-order valence-corrected chi connectivity index (χ4v) is 2.69. The highest BCUT2D eigenvalue weighted by atomic mass is 16.4. The van der Waals surface area contributed by atoms with Gasteiger partial charge in [0.25, 0.3) is 0 Å². The maximum atomic E-state index is 11.6. The van der Waals surface area contributed by atoms with E-state index in [-0.39, 0.29) is 11.9 Å². The second kappa shape index (κ2) is 6.89. The lowest BCUT2D eigenvalue weighted by Gasteiger charge is -2.39. The Kier molecular flexibility index (Phi) is 5.79. The summed E-state index contributed by atoms with van der Waals surface area (Å²) < 4.78 is 0. The van der Waals surface area contributed by atoms with Crippen LogP contribution in [0.5, 0.6) is 0 Å². The molecule has 1 heterocycles. The van der Waals surface area contributed by atoms with Crippen LogP contribution >= 0.6 is 0 Å². The molecule has 5 heteroatoms. The number of amides is 1. The third kappa shape index (κ3) is 4.49. The number of carbonyl (C=O) groups is 2. The van der Waals surface area contributed by atoms with Crippen molar-refractivity contribution in [3.05, 3.63) is 0 Å². The second-order valence-corrected chi connectivity index (χ2v) is 5.79. The molecule has 19 heavy (non-hydrogen) atoms. The molecular weight excluding hydrogens is 244 g/mol. The highest BCUT2D eigenvalue weighted by molar-refractivity contribution is 5.76. The van der Waals surface area contributed by atoms with Gasteiger partial charge in [-0.25, -0.2) is 0 Å². The highest BCUT2D eigenvalue weighted by Gasteiger charge is 2.40. The van der Waals surface area contributed by atoms with Crippen molar-refractivity contribution in [1.82, 2.24) is 10.2 Å². The number of aliphatic carboxylic acids is 1. The molecule has 1 unspecified atom stereocenters. The lowest BCUT2D eigenvalue weighted by atomic mass is 9.77. The van der Waals surface area contributed by atoms with E-state index >= 15 is 0 Å².